The van der Waals surface area contributed by atoms with Gasteiger partial charge in [0.15, 0.2) is 0 Å². The van der Waals surface area contributed by atoms with Crippen molar-refractivity contribution in [1.29, 1.82) is 0 Å². The van der Waals surface area contributed by atoms with Crippen LogP contribution in [0.25, 0.3) is 0 Å². The van der Waals surface area contributed by atoms with Crippen LogP contribution in [0.15, 0.2) is 46.9 Å². The molecule has 0 bridgehead atoms. The Labute approximate surface area is 133 Å². The Hall–Kier alpha value is -1.03. The largest absolute Gasteiger partial charge is 0.497 e. The lowest BCUT2D eigenvalue weighted by atomic mass is 9.98. The lowest BCUT2D eigenvalue weighted by Crippen LogP contribution is -2.22. The Kier molecular flexibility index (Phi) is 5.46. The summed E-state index contributed by atoms with van der Waals surface area (Å²) in [4.78, 5) is 0. The Balaban J connectivity index is 2.46. The maximum absolute atomic E-state index is 6.41. The van der Waals surface area contributed by atoms with Crippen LogP contribution in [0.3, 0.4) is 0 Å². The van der Waals surface area contributed by atoms with Crippen molar-refractivity contribution >= 4 is 27.5 Å². The molecule has 0 amide bonds. The van der Waals surface area contributed by atoms with Gasteiger partial charge in [-0.3, -0.25) is 0 Å². The summed E-state index contributed by atoms with van der Waals surface area (Å²) < 4.78 is 6.27. The molecule has 0 aromatic heterocycles. The van der Waals surface area contributed by atoms with E-state index >= 15 is 0 Å². The lowest BCUT2D eigenvalue weighted by molar-refractivity contribution is 0.414. The predicted molar refractivity (Wildman–Crippen MR) is 87.7 cm³/mol. The van der Waals surface area contributed by atoms with Crippen molar-refractivity contribution < 1.29 is 4.74 Å². The molecule has 0 aliphatic carbocycles. The van der Waals surface area contributed by atoms with Gasteiger partial charge < -0.3 is 10.1 Å². The smallest absolute Gasteiger partial charge is 0.120 e. The molecule has 0 spiro atoms. The fraction of sp³-hybridized carbons (Fsp3) is 0.250. The van der Waals surface area contributed by atoms with E-state index in [1.165, 1.54) is 5.56 Å². The molecular formula is C16H17BrClNO. The zero-order valence-electron chi connectivity index (χ0n) is 11.5. The van der Waals surface area contributed by atoms with Crippen LogP contribution in [0.2, 0.25) is 5.02 Å². The summed E-state index contributed by atoms with van der Waals surface area (Å²) >= 11 is 10.0. The van der Waals surface area contributed by atoms with Gasteiger partial charge in [0, 0.05) is 9.50 Å². The maximum Gasteiger partial charge on any atom is 0.120 e. The summed E-state index contributed by atoms with van der Waals surface area (Å²) in [7, 11) is 1.64. The molecule has 2 aromatic rings. The Morgan fingerprint density at radius 2 is 1.95 bits per heavy atom. The van der Waals surface area contributed by atoms with Gasteiger partial charge in [-0.05, 0) is 35.9 Å². The maximum atomic E-state index is 6.41. The van der Waals surface area contributed by atoms with Crippen molar-refractivity contribution in [3.05, 3.63) is 63.1 Å². The molecular weight excluding hydrogens is 338 g/mol. The second-order valence-electron chi connectivity index (χ2n) is 4.40. The number of benzene rings is 2. The van der Waals surface area contributed by atoms with E-state index in [9.17, 15) is 0 Å². The van der Waals surface area contributed by atoms with Gasteiger partial charge >= 0.3 is 0 Å². The van der Waals surface area contributed by atoms with E-state index in [0.717, 1.165) is 22.3 Å². The van der Waals surface area contributed by atoms with Gasteiger partial charge in [-0.15, -0.1) is 0 Å². The van der Waals surface area contributed by atoms with E-state index in [2.05, 4.69) is 34.2 Å². The monoisotopic (exact) mass is 353 g/mol. The van der Waals surface area contributed by atoms with E-state index in [4.69, 9.17) is 16.3 Å². The number of rotatable bonds is 5. The molecule has 0 saturated heterocycles. The summed E-state index contributed by atoms with van der Waals surface area (Å²) in [5.74, 6) is 0.765. The fourth-order valence-corrected chi connectivity index (χ4v) is 2.96. The molecule has 0 saturated carbocycles. The van der Waals surface area contributed by atoms with E-state index in [1.54, 1.807) is 7.11 Å². The van der Waals surface area contributed by atoms with Crippen LogP contribution in [0.5, 0.6) is 5.75 Å². The molecule has 106 valence electrons. The van der Waals surface area contributed by atoms with Crippen molar-refractivity contribution in [3.8, 4) is 5.75 Å². The molecule has 2 aromatic carbocycles. The van der Waals surface area contributed by atoms with Gasteiger partial charge in [-0.2, -0.15) is 0 Å². The number of hydrogen-bond donors (Lipinski definition) is 1. The average molecular weight is 355 g/mol. The summed E-state index contributed by atoms with van der Waals surface area (Å²) in [5.41, 5.74) is 2.21. The van der Waals surface area contributed by atoms with Gasteiger partial charge in [0.2, 0.25) is 0 Å². The highest BCUT2D eigenvalue weighted by molar-refractivity contribution is 9.10. The normalized spacial score (nSPS) is 12.2. The average Bonchev–Trinajstić information content (AvgIpc) is 2.46. The third-order valence-corrected chi connectivity index (χ3v) is 4.19. The minimum atomic E-state index is 0.0500. The third kappa shape index (κ3) is 3.35. The Morgan fingerprint density at radius 3 is 2.55 bits per heavy atom. The van der Waals surface area contributed by atoms with Crippen LogP contribution >= 0.6 is 27.5 Å². The highest BCUT2D eigenvalue weighted by atomic mass is 79.9. The van der Waals surface area contributed by atoms with Gasteiger partial charge in [0.05, 0.1) is 13.2 Å². The number of hydrogen-bond acceptors (Lipinski definition) is 2. The number of ether oxygens (including phenoxy) is 1. The summed E-state index contributed by atoms with van der Waals surface area (Å²) in [6.45, 7) is 2.94. The highest BCUT2D eigenvalue weighted by Gasteiger charge is 2.18. The fourth-order valence-electron chi connectivity index (χ4n) is 2.17. The molecule has 0 heterocycles. The molecule has 2 rings (SSSR count). The second kappa shape index (κ2) is 7.11. The summed E-state index contributed by atoms with van der Waals surface area (Å²) in [5, 5.41) is 4.18. The van der Waals surface area contributed by atoms with E-state index in [-0.39, 0.29) is 6.04 Å². The molecule has 1 atom stereocenters. The minimum Gasteiger partial charge on any atom is -0.497 e. The molecule has 0 aliphatic rings. The van der Waals surface area contributed by atoms with Crippen molar-refractivity contribution in [1.82, 2.24) is 5.32 Å². The van der Waals surface area contributed by atoms with Crippen LogP contribution in [0, 0.1) is 0 Å². The molecule has 4 heteroatoms. The summed E-state index contributed by atoms with van der Waals surface area (Å²) in [6, 6.07) is 14.0. The zero-order valence-corrected chi connectivity index (χ0v) is 13.8. The van der Waals surface area contributed by atoms with Gasteiger partial charge in [-0.1, -0.05) is 58.7 Å². The third-order valence-electron chi connectivity index (χ3n) is 3.14. The molecule has 1 N–H and O–H groups in total. The van der Waals surface area contributed by atoms with Crippen LogP contribution < -0.4 is 10.1 Å². The molecule has 20 heavy (non-hydrogen) atoms. The van der Waals surface area contributed by atoms with Gasteiger partial charge in [-0.25, -0.2) is 0 Å². The molecule has 1 unspecified atom stereocenters. The Bertz CT molecular complexity index is 588. The van der Waals surface area contributed by atoms with Crippen LogP contribution in [0.4, 0.5) is 0 Å². The first-order valence-corrected chi connectivity index (χ1v) is 7.65. The van der Waals surface area contributed by atoms with Crippen LogP contribution in [0.1, 0.15) is 24.1 Å². The number of nitrogens with one attached hydrogen (secondary N) is 1. The van der Waals surface area contributed by atoms with E-state index in [1.807, 2.05) is 36.4 Å². The first-order valence-electron chi connectivity index (χ1n) is 6.48. The van der Waals surface area contributed by atoms with Crippen molar-refractivity contribution in [2.45, 2.75) is 13.0 Å². The predicted octanol–water partition coefficient (Wildman–Crippen LogP) is 4.81. The summed E-state index contributed by atoms with van der Waals surface area (Å²) in [6.07, 6.45) is 0. The van der Waals surface area contributed by atoms with Gasteiger partial charge in [0.25, 0.3) is 0 Å². The first kappa shape index (κ1) is 15.4. The quantitative estimate of drug-likeness (QED) is 0.832. The Morgan fingerprint density at radius 1 is 1.20 bits per heavy atom. The minimum absolute atomic E-state index is 0.0500. The molecule has 0 radical (unpaired) electrons. The second-order valence-corrected chi connectivity index (χ2v) is 5.66. The molecule has 0 fully saturated rings. The van der Waals surface area contributed by atoms with Crippen molar-refractivity contribution in [2.75, 3.05) is 13.7 Å². The standard InChI is InChI=1S/C16H17BrClNO/c1-3-19-16(12-6-4-5-7-14(12)17)13-9-8-11(20-2)10-15(13)18/h4-10,16,19H,3H2,1-2H3. The SMILES string of the molecule is CCNC(c1ccc(OC)cc1Cl)c1ccccc1Br. The van der Waals surface area contributed by atoms with Crippen LogP contribution in [-0.2, 0) is 0 Å². The first-order chi connectivity index (χ1) is 9.67. The van der Waals surface area contributed by atoms with Crippen molar-refractivity contribution in [3.63, 3.8) is 0 Å². The molecule has 2 nitrogen and oxygen atoms in total. The highest BCUT2D eigenvalue weighted by Crippen LogP contribution is 2.34. The molecule has 0 aliphatic heterocycles. The number of methoxy groups -OCH3 is 1. The van der Waals surface area contributed by atoms with E-state index < -0.39 is 0 Å². The number of halogens is 2. The van der Waals surface area contributed by atoms with Crippen molar-refractivity contribution in [2.24, 2.45) is 0 Å². The lowest BCUT2D eigenvalue weighted by Gasteiger charge is -2.21. The zero-order chi connectivity index (χ0) is 14.5. The van der Waals surface area contributed by atoms with Gasteiger partial charge in [0.1, 0.15) is 5.75 Å². The topological polar surface area (TPSA) is 21.3 Å². The van der Waals surface area contributed by atoms with Crippen LogP contribution in [-0.4, -0.2) is 13.7 Å². The van der Waals surface area contributed by atoms with E-state index in [0.29, 0.717) is 5.02 Å².